The number of allylic oxidation sites excluding steroid dienone is 2. The van der Waals surface area contributed by atoms with E-state index in [1.807, 2.05) is 0 Å². The highest BCUT2D eigenvalue weighted by atomic mass is 14.3. The van der Waals surface area contributed by atoms with Gasteiger partial charge in [-0.25, -0.2) is 0 Å². The Bertz CT molecular complexity index is 389. The summed E-state index contributed by atoms with van der Waals surface area (Å²) in [5, 5.41) is 0. The predicted octanol–water partition coefficient (Wildman–Crippen LogP) is 3.94. The van der Waals surface area contributed by atoms with Gasteiger partial charge in [0.1, 0.15) is 0 Å². The highest BCUT2D eigenvalue weighted by molar-refractivity contribution is 5.74. The van der Waals surface area contributed by atoms with Crippen molar-refractivity contribution in [2.45, 2.75) is 39.5 Å². The first kappa shape index (κ1) is 9.51. The van der Waals surface area contributed by atoms with Crippen molar-refractivity contribution in [1.82, 2.24) is 0 Å². The van der Waals surface area contributed by atoms with Crippen LogP contribution in [0.1, 0.15) is 44.4 Å². The molecule has 1 aliphatic carbocycles. The smallest absolute Gasteiger partial charge is 0.00854 e. The minimum absolute atomic E-state index is 0.255. The van der Waals surface area contributed by atoms with Crippen molar-refractivity contribution in [3.8, 4) is 0 Å². The lowest BCUT2D eigenvalue weighted by Crippen LogP contribution is -2.13. The fourth-order valence-electron chi connectivity index (χ4n) is 2.23. The maximum atomic E-state index is 2.33. The van der Waals surface area contributed by atoms with Crippen LogP contribution >= 0.6 is 0 Å². The molecule has 14 heavy (non-hydrogen) atoms. The fourth-order valence-corrected chi connectivity index (χ4v) is 2.23. The second-order valence-corrected chi connectivity index (χ2v) is 5.18. The van der Waals surface area contributed by atoms with Gasteiger partial charge in [0.15, 0.2) is 0 Å². The first-order chi connectivity index (χ1) is 6.50. The van der Waals surface area contributed by atoms with Gasteiger partial charge in [-0.05, 0) is 41.0 Å². The van der Waals surface area contributed by atoms with E-state index in [1.165, 1.54) is 22.3 Å². The number of fused-ring (bicyclic) bond motifs is 1. The summed E-state index contributed by atoms with van der Waals surface area (Å²) >= 11 is 0. The third kappa shape index (κ3) is 1.39. The Labute approximate surface area is 86.7 Å². The summed E-state index contributed by atoms with van der Waals surface area (Å²) in [6.45, 7) is 9.08. The second-order valence-electron chi connectivity index (χ2n) is 5.18. The lowest BCUT2D eigenvalue weighted by Gasteiger charge is -2.23. The first-order valence-corrected chi connectivity index (χ1v) is 5.29. The number of benzene rings is 1. The van der Waals surface area contributed by atoms with E-state index in [0.29, 0.717) is 0 Å². The van der Waals surface area contributed by atoms with Crippen LogP contribution in [0.4, 0.5) is 0 Å². The monoisotopic (exact) mass is 186 g/mol. The van der Waals surface area contributed by atoms with Crippen LogP contribution in [-0.2, 0) is 11.8 Å². The molecule has 0 aromatic heterocycles. The summed E-state index contributed by atoms with van der Waals surface area (Å²) in [6, 6.07) is 6.70. The Morgan fingerprint density at radius 2 is 1.86 bits per heavy atom. The summed E-state index contributed by atoms with van der Waals surface area (Å²) in [5.74, 6) is 0. The molecule has 1 aromatic rings. The maximum absolute atomic E-state index is 2.33. The van der Waals surface area contributed by atoms with Crippen LogP contribution in [0.5, 0.6) is 0 Å². The average molecular weight is 186 g/mol. The molecule has 0 saturated carbocycles. The van der Waals surface area contributed by atoms with Crippen LogP contribution in [0.2, 0.25) is 0 Å². The highest BCUT2D eigenvalue weighted by Gasteiger charge is 2.22. The zero-order valence-corrected chi connectivity index (χ0v) is 9.52. The molecule has 0 amide bonds. The third-order valence-corrected chi connectivity index (χ3v) is 2.98. The van der Waals surface area contributed by atoms with E-state index in [2.05, 4.69) is 52.0 Å². The third-order valence-electron chi connectivity index (χ3n) is 2.98. The van der Waals surface area contributed by atoms with Crippen LogP contribution in [0.25, 0.3) is 5.57 Å². The van der Waals surface area contributed by atoms with Crippen molar-refractivity contribution < 1.29 is 0 Å². The molecule has 0 nitrogen and oxygen atoms in total. The van der Waals surface area contributed by atoms with Gasteiger partial charge in [0.25, 0.3) is 0 Å². The maximum Gasteiger partial charge on any atom is -0.00854 e. The normalized spacial score (nSPS) is 15.3. The molecular weight excluding hydrogens is 168 g/mol. The van der Waals surface area contributed by atoms with Gasteiger partial charge in [0, 0.05) is 0 Å². The van der Waals surface area contributed by atoms with Gasteiger partial charge in [-0.3, -0.25) is 0 Å². The van der Waals surface area contributed by atoms with Gasteiger partial charge in [-0.1, -0.05) is 45.0 Å². The van der Waals surface area contributed by atoms with Crippen LogP contribution < -0.4 is 0 Å². The Morgan fingerprint density at radius 3 is 2.50 bits per heavy atom. The average Bonchev–Trinajstić information content (AvgIpc) is 2.46. The van der Waals surface area contributed by atoms with Crippen LogP contribution in [0.15, 0.2) is 24.3 Å². The quantitative estimate of drug-likeness (QED) is 0.575. The lowest BCUT2D eigenvalue weighted by molar-refractivity contribution is 0.588. The molecule has 0 fully saturated rings. The van der Waals surface area contributed by atoms with Crippen molar-refractivity contribution in [1.29, 1.82) is 0 Å². The molecule has 1 aliphatic rings. The molecule has 0 radical (unpaired) electrons. The zero-order chi connectivity index (χ0) is 10.3. The predicted molar refractivity (Wildman–Crippen MR) is 62.5 cm³/mol. The minimum atomic E-state index is 0.255. The van der Waals surface area contributed by atoms with Crippen molar-refractivity contribution in [2.75, 3.05) is 0 Å². The lowest BCUT2D eigenvalue weighted by atomic mass is 9.81. The molecule has 0 unspecified atom stereocenters. The summed E-state index contributed by atoms with van der Waals surface area (Å²) in [7, 11) is 0. The molecule has 74 valence electrons. The first-order valence-electron chi connectivity index (χ1n) is 5.29. The topological polar surface area (TPSA) is 0 Å². The molecule has 0 bridgehead atoms. The highest BCUT2D eigenvalue weighted by Crippen LogP contribution is 2.36. The number of rotatable bonds is 0. The Hall–Kier alpha value is -1.04. The van der Waals surface area contributed by atoms with Gasteiger partial charge < -0.3 is 0 Å². The molecular formula is C14H18. The van der Waals surface area contributed by atoms with E-state index in [9.17, 15) is 0 Å². The van der Waals surface area contributed by atoms with E-state index in [0.717, 1.165) is 6.42 Å². The fraction of sp³-hybridized carbons (Fsp3) is 0.429. The van der Waals surface area contributed by atoms with E-state index >= 15 is 0 Å². The Balaban J connectivity index is 2.64. The van der Waals surface area contributed by atoms with Crippen LogP contribution in [-0.4, -0.2) is 0 Å². The molecule has 0 N–H and O–H groups in total. The summed E-state index contributed by atoms with van der Waals surface area (Å²) in [4.78, 5) is 0. The molecule has 0 heteroatoms. The Kier molecular flexibility index (Phi) is 2.02. The van der Waals surface area contributed by atoms with E-state index in [-0.39, 0.29) is 5.41 Å². The molecule has 0 aliphatic heterocycles. The number of hydrogen-bond donors (Lipinski definition) is 0. The molecule has 0 spiro atoms. The summed E-state index contributed by atoms with van der Waals surface area (Å²) < 4.78 is 0. The van der Waals surface area contributed by atoms with Crippen molar-refractivity contribution in [2.24, 2.45) is 0 Å². The van der Waals surface area contributed by atoms with Crippen LogP contribution in [0.3, 0.4) is 0 Å². The zero-order valence-electron chi connectivity index (χ0n) is 9.52. The van der Waals surface area contributed by atoms with E-state index in [4.69, 9.17) is 0 Å². The minimum Gasteiger partial charge on any atom is -0.0766 e. The van der Waals surface area contributed by atoms with Gasteiger partial charge in [0.05, 0.1) is 0 Å². The van der Waals surface area contributed by atoms with Gasteiger partial charge in [-0.2, -0.15) is 0 Å². The van der Waals surface area contributed by atoms with Crippen molar-refractivity contribution >= 4 is 5.57 Å². The molecule has 0 saturated heterocycles. The molecule has 1 aromatic carbocycles. The summed E-state index contributed by atoms with van der Waals surface area (Å²) in [6.07, 6.45) is 3.45. The SMILES string of the molecule is CC1=CCc2cccc(C(C)(C)C)c21. The molecule has 2 rings (SSSR count). The van der Waals surface area contributed by atoms with E-state index < -0.39 is 0 Å². The van der Waals surface area contributed by atoms with Gasteiger partial charge in [-0.15, -0.1) is 0 Å². The molecule has 0 atom stereocenters. The van der Waals surface area contributed by atoms with Crippen LogP contribution in [0, 0.1) is 0 Å². The standard InChI is InChI=1S/C14H18/c1-10-8-9-11-6-5-7-12(13(10)11)14(2,3)4/h5-8H,9H2,1-4H3. The molecule has 0 heterocycles. The largest absolute Gasteiger partial charge is 0.0766 e. The van der Waals surface area contributed by atoms with Crippen molar-refractivity contribution in [3.05, 3.63) is 41.0 Å². The van der Waals surface area contributed by atoms with Gasteiger partial charge in [0.2, 0.25) is 0 Å². The number of hydrogen-bond acceptors (Lipinski definition) is 0. The Morgan fingerprint density at radius 1 is 1.14 bits per heavy atom. The van der Waals surface area contributed by atoms with Gasteiger partial charge >= 0.3 is 0 Å². The van der Waals surface area contributed by atoms with E-state index in [1.54, 1.807) is 0 Å². The summed E-state index contributed by atoms with van der Waals surface area (Å²) in [5.41, 5.74) is 6.19. The van der Waals surface area contributed by atoms with Crippen molar-refractivity contribution in [3.63, 3.8) is 0 Å². The second kappa shape index (κ2) is 2.98.